The van der Waals surface area contributed by atoms with Gasteiger partial charge in [-0.05, 0) is 35.7 Å². The zero-order chi connectivity index (χ0) is 19.8. The summed E-state index contributed by atoms with van der Waals surface area (Å²) in [5, 5.41) is 5.56. The fourth-order valence-electron chi connectivity index (χ4n) is 2.64. The lowest BCUT2D eigenvalue weighted by atomic mass is 10.0. The fourth-order valence-corrected chi connectivity index (χ4v) is 2.64. The predicted molar refractivity (Wildman–Crippen MR) is 105 cm³/mol. The second kappa shape index (κ2) is 9.62. The lowest BCUT2D eigenvalue weighted by Crippen LogP contribution is -2.35. The summed E-state index contributed by atoms with van der Waals surface area (Å²) in [5.41, 5.74) is 2.11. The van der Waals surface area contributed by atoms with Gasteiger partial charge in [-0.25, -0.2) is 0 Å². The highest BCUT2D eigenvalue weighted by Gasteiger charge is 2.17. The molecule has 0 fully saturated rings. The third-order valence-electron chi connectivity index (χ3n) is 4.19. The van der Waals surface area contributed by atoms with E-state index < -0.39 is 0 Å². The summed E-state index contributed by atoms with van der Waals surface area (Å²) >= 11 is 0. The standard InChI is InChI=1S/C21H26N2O4/c1-14(2)15-8-10-16(11-9-15)20(24)22-12-13-23-21(25)19-17(26-3)6-5-7-18(19)27-4/h5-11,14H,12-13H2,1-4H3,(H,22,24)(H,23,25). The van der Waals surface area contributed by atoms with Gasteiger partial charge in [0.15, 0.2) is 0 Å². The molecule has 0 aliphatic rings. The molecule has 144 valence electrons. The highest BCUT2D eigenvalue weighted by molar-refractivity contribution is 5.99. The van der Waals surface area contributed by atoms with E-state index in [1.165, 1.54) is 19.8 Å². The summed E-state index contributed by atoms with van der Waals surface area (Å²) in [5.74, 6) is 0.792. The minimum Gasteiger partial charge on any atom is -0.496 e. The van der Waals surface area contributed by atoms with Crippen LogP contribution in [0.3, 0.4) is 0 Å². The van der Waals surface area contributed by atoms with E-state index in [4.69, 9.17) is 9.47 Å². The van der Waals surface area contributed by atoms with Crippen LogP contribution in [0.2, 0.25) is 0 Å². The first-order valence-electron chi connectivity index (χ1n) is 8.85. The molecular weight excluding hydrogens is 344 g/mol. The Hall–Kier alpha value is -3.02. The van der Waals surface area contributed by atoms with Crippen molar-refractivity contribution in [3.05, 3.63) is 59.2 Å². The van der Waals surface area contributed by atoms with E-state index in [-0.39, 0.29) is 18.4 Å². The van der Waals surface area contributed by atoms with Crippen LogP contribution in [0, 0.1) is 0 Å². The van der Waals surface area contributed by atoms with Crippen molar-refractivity contribution >= 4 is 11.8 Å². The zero-order valence-electron chi connectivity index (χ0n) is 16.2. The summed E-state index contributed by atoms with van der Waals surface area (Å²) in [7, 11) is 2.99. The molecule has 6 nitrogen and oxygen atoms in total. The first kappa shape index (κ1) is 20.3. The minimum absolute atomic E-state index is 0.172. The van der Waals surface area contributed by atoms with Crippen molar-refractivity contribution in [3.8, 4) is 11.5 Å². The molecule has 0 heterocycles. The number of hydrogen-bond donors (Lipinski definition) is 2. The molecule has 0 bridgehead atoms. The first-order chi connectivity index (χ1) is 13.0. The smallest absolute Gasteiger partial charge is 0.258 e. The van der Waals surface area contributed by atoms with Crippen LogP contribution in [0.1, 0.15) is 46.0 Å². The van der Waals surface area contributed by atoms with Crippen LogP contribution in [0.25, 0.3) is 0 Å². The van der Waals surface area contributed by atoms with Crippen molar-refractivity contribution in [2.75, 3.05) is 27.3 Å². The van der Waals surface area contributed by atoms with Crippen LogP contribution >= 0.6 is 0 Å². The van der Waals surface area contributed by atoms with E-state index in [1.807, 2.05) is 24.3 Å². The van der Waals surface area contributed by atoms with Gasteiger partial charge in [-0.15, -0.1) is 0 Å². The normalized spacial score (nSPS) is 10.4. The van der Waals surface area contributed by atoms with Crippen LogP contribution in [0.4, 0.5) is 0 Å². The molecule has 0 aliphatic carbocycles. The molecule has 2 aromatic carbocycles. The molecule has 2 amide bonds. The first-order valence-corrected chi connectivity index (χ1v) is 8.85. The molecule has 2 rings (SSSR count). The van der Waals surface area contributed by atoms with E-state index in [2.05, 4.69) is 24.5 Å². The second-order valence-corrected chi connectivity index (χ2v) is 6.33. The second-order valence-electron chi connectivity index (χ2n) is 6.33. The average Bonchev–Trinajstić information content (AvgIpc) is 2.70. The van der Waals surface area contributed by atoms with Gasteiger partial charge in [-0.2, -0.15) is 0 Å². The molecule has 0 atom stereocenters. The fraction of sp³-hybridized carbons (Fsp3) is 0.333. The Balaban J connectivity index is 1.88. The Bertz CT molecular complexity index is 763. The Morgan fingerprint density at radius 1 is 0.852 bits per heavy atom. The summed E-state index contributed by atoms with van der Waals surface area (Å²) in [4.78, 5) is 24.6. The van der Waals surface area contributed by atoms with Crippen molar-refractivity contribution in [1.29, 1.82) is 0 Å². The van der Waals surface area contributed by atoms with Crippen LogP contribution in [0.5, 0.6) is 11.5 Å². The lowest BCUT2D eigenvalue weighted by Gasteiger charge is -2.13. The van der Waals surface area contributed by atoms with Gasteiger partial charge in [0.05, 0.1) is 14.2 Å². The Labute approximate surface area is 159 Å². The van der Waals surface area contributed by atoms with Gasteiger partial charge in [0.1, 0.15) is 17.1 Å². The number of nitrogens with one attached hydrogen (secondary N) is 2. The van der Waals surface area contributed by atoms with Gasteiger partial charge in [0.25, 0.3) is 11.8 Å². The van der Waals surface area contributed by atoms with Crippen LogP contribution in [-0.4, -0.2) is 39.1 Å². The van der Waals surface area contributed by atoms with Crippen molar-refractivity contribution in [3.63, 3.8) is 0 Å². The molecular formula is C21H26N2O4. The molecule has 0 aromatic heterocycles. The summed E-state index contributed by atoms with van der Waals surface area (Å²) in [6, 6.07) is 12.7. The number of carbonyl (C=O) groups is 2. The number of carbonyl (C=O) groups excluding carboxylic acids is 2. The minimum atomic E-state index is -0.320. The van der Waals surface area contributed by atoms with E-state index in [0.29, 0.717) is 35.1 Å². The molecule has 0 aliphatic heterocycles. The quantitative estimate of drug-likeness (QED) is 0.701. The topological polar surface area (TPSA) is 76.7 Å². The number of hydrogen-bond acceptors (Lipinski definition) is 4. The molecule has 0 saturated carbocycles. The maximum Gasteiger partial charge on any atom is 0.258 e. The van der Waals surface area contributed by atoms with Gasteiger partial charge < -0.3 is 20.1 Å². The van der Waals surface area contributed by atoms with Gasteiger partial charge in [0, 0.05) is 18.7 Å². The monoisotopic (exact) mass is 370 g/mol. The van der Waals surface area contributed by atoms with Gasteiger partial charge >= 0.3 is 0 Å². The molecule has 6 heteroatoms. The van der Waals surface area contributed by atoms with Gasteiger partial charge in [-0.3, -0.25) is 9.59 Å². The maximum atomic E-state index is 12.4. The van der Waals surface area contributed by atoms with Crippen molar-refractivity contribution < 1.29 is 19.1 Å². The summed E-state index contributed by atoms with van der Waals surface area (Å²) < 4.78 is 10.5. The van der Waals surface area contributed by atoms with E-state index >= 15 is 0 Å². The third kappa shape index (κ3) is 5.23. The highest BCUT2D eigenvalue weighted by Crippen LogP contribution is 2.27. The van der Waals surface area contributed by atoms with Gasteiger partial charge in [0.2, 0.25) is 0 Å². The third-order valence-corrected chi connectivity index (χ3v) is 4.19. The summed E-state index contributed by atoms with van der Waals surface area (Å²) in [6.45, 7) is 4.81. The molecule has 2 aromatic rings. The largest absolute Gasteiger partial charge is 0.496 e. The van der Waals surface area contributed by atoms with Crippen molar-refractivity contribution in [1.82, 2.24) is 10.6 Å². The van der Waals surface area contributed by atoms with E-state index in [0.717, 1.165) is 0 Å². The lowest BCUT2D eigenvalue weighted by molar-refractivity contribution is 0.0924. The molecule has 0 saturated heterocycles. The van der Waals surface area contributed by atoms with Gasteiger partial charge in [-0.1, -0.05) is 32.0 Å². The highest BCUT2D eigenvalue weighted by atomic mass is 16.5. The van der Waals surface area contributed by atoms with Crippen LogP contribution in [0.15, 0.2) is 42.5 Å². The number of benzene rings is 2. The SMILES string of the molecule is COc1cccc(OC)c1C(=O)NCCNC(=O)c1ccc(C(C)C)cc1. The van der Waals surface area contributed by atoms with Crippen molar-refractivity contribution in [2.45, 2.75) is 19.8 Å². The van der Waals surface area contributed by atoms with Crippen LogP contribution in [-0.2, 0) is 0 Å². The molecule has 0 spiro atoms. The molecule has 2 N–H and O–H groups in total. The molecule has 0 radical (unpaired) electrons. The van der Waals surface area contributed by atoms with E-state index in [1.54, 1.807) is 18.2 Å². The van der Waals surface area contributed by atoms with Crippen molar-refractivity contribution in [2.24, 2.45) is 0 Å². The molecule has 27 heavy (non-hydrogen) atoms. The molecule has 0 unspecified atom stereocenters. The Morgan fingerprint density at radius 2 is 1.37 bits per heavy atom. The predicted octanol–water partition coefficient (Wildman–Crippen LogP) is 2.99. The maximum absolute atomic E-state index is 12.4. The van der Waals surface area contributed by atoms with E-state index in [9.17, 15) is 9.59 Å². The Kier molecular flexibility index (Phi) is 7.23. The zero-order valence-corrected chi connectivity index (χ0v) is 16.2. The summed E-state index contributed by atoms with van der Waals surface area (Å²) in [6.07, 6.45) is 0. The number of amides is 2. The number of rotatable bonds is 8. The average molecular weight is 370 g/mol. The van der Waals surface area contributed by atoms with Crippen LogP contribution < -0.4 is 20.1 Å². The number of ether oxygens (including phenoxy) is 2. The number of methoxy groups -OCH3 is 2. The Morgan fingerprint density at radius 3 is 1.85 bits per heavy atom.